The van der Waals surface area contributed by atoms with Crippen molar-refractivity contribution >= 4 is 17.3 Å². The molecule has 1 aliphatic rings. The average molecular weight is 402 g/mol. The molecule has 0 radical (unpaired) electrons. The van der Waals surface area contributed by atoms with Gasteiger partial charge in [-0.05, 0) is 32.9 Å². The van der Waals surface area contributed by atoms with Gasteiger partial charge < -0.3 is 10.1 Å². The maximum atomic E-state index is 14.0. The third-order valence-electron chi connectivity index (χ3n) is 4.47. The van der Waals surface area contributed by atoms with Crippen LogP contribution >= 0.6 is 0 Å². The fourth-order valence-electron chi connectivity index (χ4n) is 3.14. The molecular weight excluding hydrogens is 382 g/mol. The van der Waals surface area contributed by atoms with Crippen LogP contribution in [0.2, 0.25) is 0 Å². The van der Waals surface area contributed by atoms with Crippen molar-refractivity contribution in [1.29, 1.82) is 0 Å². The summed E-state index contributed by atoms with van der Waals surface area (Å²) in [6.07, 6.45) is 3.36. The number of rotatable bonds is 5. The second-order valence-corrected chi connectivity index (χ2v) is 7.13. The third-order valence-corrected chi connectivity index (χ3v) is 4.47. The van der Waals surface area contributed by atoms with Gasteiger partial charge in [0.25, 0.3) is 0 Å². The van der Waals surface area contributed by atoms with Gasteiger partial charge >= 0.3 is 0 Å². The highest BCUT2D eigenvalue weighted by molar-refractivity contribution is 6.03. The molecule has 1 aliphatic heterocycles. The van der Waals surface area contributed by atoms with Crippen molar-refractivity contribution in [3.05, 3.63) is 53.4 Å². The predicted molar refractivity (Wildman–Crippen MR) is 103 cm³/mol. The van der Waals surface area contributed by atoms with E-state index in [4.69, 9.17) is 9.57 Å². The minimum absolute atomic E-state index is 0.0126. The van der Waals surface area contributed by atoms with Gasteiger partial charge in [-0.25, -0.2) is 33.6 Å². The molecule has 0 saturated carbocycles. The second-order valence-electron chi connectivity index (χ2n) is 7.13. The molecule has 0 amide bonds. The van der Waals surface area contributed by atoms with Crippen LogP contribution in [-0.4, -0.2) is 33.3 Å². The van der Waals surface area contributed by atoms with Crippen molar-refractivity contribution in [2.24, 2.45) is 4.99 Å². The molecule has 8 nitrogen and oxygen atoms in total. The van der Waals surface area contributed by atoms with Crippen LogP contribution in [0.5, 0.6) is 5.75 Å². The fourth-order valence-corrected chi connectivity index (χ4v) is 3.14. The van der Waals surface area contributed by atoms with Crippen molar-refractivity contribution in [2.45, 2.75) is 32.5 Å². The summed E-state index contributed by atoms with van der Waals surface area (Å²) in [6, 6.07) is 3.27. The van der Waals surface area contributed by atoms with Crippen molar-refractivity contribution in [3.8, 4) is 5.75 Å². The standard InChI is InChI=1S/C19H20F2N6O2/c1-10(12-7-11(20)8-14(21)16(12)28-4)23-15-5-6-27-18(24-15)13(9-22-27)17-25-19(2,3)29-26-17/h5-10H,1-4H3,(H,23,24)(H,25,26)/t10-/m1/s1. The van der Waals surface area contributed by atoms with Gasteiger partial charge in [0.2, 0.25) is 0 Å². The lowest BCUT2D eigenvalue weighted by Gasteiger charge is -2.18. The van der Waals surface area contributed by atoms with Gasteiger partial charge in [-0.15, -0.1) is 0 Å². The summed E-state index contributed by atoms with van der Waals surface area (Å²) in [5, 5.41) is 7.42. The van der Waals surface area contributed by atoms with Crippen LogP contribution in [-0.2, 0) is 4.84 Å². The predicted octanol–water partition coefficient (Wildman–Crippen LogP) is 3.21. The second kappa shape index (κ2) is 6.96. The number of anilines is 1. The van der Waals surface area contributed by atoms with E-state index < -0.39 is 23.4 Å². The molecule has 4 rings (SSSR count). The molecule has 10 heteroatoms. The van der Waals surface area contributed by atoms with Gasteiger partial charge in [0, 0.05) is 17.8 Å². The maximum Gasteiger partial charge on any atom is 0.182 e. The van der Waals surface area contributed by atoms with E-state index in [9.17, 15) is 8.78 Å². The van der Waals surface area contributed by atoms with Crippen molar-refractivity contribution in [2.75, 3.05) is 12.4 Å². The molecule has 3 heterocycles. The van der Waals surface area contributed by atoms with E-state index in [1.54, 1.807) is 29.9 Å². The van der Waals surface area contributed by atoms with E-state index in [1.807, 2.05) is 13.8 Å². The number of hydrogen-bond acceptors (Lipinski definition) is 7. The molecule has 3 aromatic rings. The monoisotopic (exact) mass is 402 g/mol. The first kappa shape index (κ1) is 19.1. The highest BCUT2D eigenvalue weighted by Crippen LogP contribution is 2.31. The summed E-state index contributed by atoms with van der Waals surface area (Å²) in [5.41, 5.74) is 3.66. The number of amidine groups is 1. The third kappa shape index (κ3) is 3.58. The molecule has 2 N–H and O–H groups in total. The SMILES string of the molecule is COc1c(F)cc(F)cc1[C@@H](C)Nc1ccn2ncc(C3=NC(C)(C)ON3)c2n1. The summed E-state index contributed by atoms with van der Waals surface area (Å²) in [4.78, 5) is 14.4. The zero-order valence-electron chi connectivity index (χ0n) is 16.3. The number of methoxy groups -OCH3 is 1. The van der Waals surface area contributed by atoms with E-state index in [0.717, 1.165) is 6.07 Å². The first-order valence-corrected chi connectivity index (χ1v) is 8.95. The van der Waals surface area contributed by atoms with Gasteiger partial charge in [0.1, 0.15) is 11.6 Å². The molecule has 2 aromatic heterocycles. The Morgan fingerprint density at radius 3 is 2.79 bits per heavy atom. The Kier molecular flexibility index (Phi) is 4.58. The Bertz CT molecular complexity index is 1110. The molecule has 29 heavy (non-hydrogen) atoms. The van der Waals surface area contributed by atoms with Crippen molar-refractivity contribution in [1.82, 2.24) is 20.1 Å². The molecular formula is C19H20F2N6O2. The average Bonchev–Trinajstić information content (AvgIpc) is 3.23. The minimum atomic E-state index is -0.759. The van der Waals surface area contributed by atoms with Crippen molar-refractivity contribution in [3.63, 3.8) is 0 Å². The van der Waals surface area contributed by atoms with Crippen LogP contribution in [0.15, 0.2) is 35.6 Å². The summed E-state index contributed by atoms with van der Waals surface area (Å²) < 4.78 is 34.4. The molecule has 152 valence electrons. The lowest BCUT2D eigenvalue weighted by molar-refractivity contribution is -0.0269. The number of fused-ring (bicyclic) bond motifs is 1. The van der Waals surface area contributed by atoms with Gasteiger partial charge in [0.15, 0.2) is 28.8 Å². The normalized spacial score (nSPS) is 16.4. The van der Waals surface area contributed by atoms with Crippen LogP contribution in [0.3, 0.4) is 0 Å². The molecule has 0 fully saturated rings. The number of hydroxylamine groups is 1. The van der Waals surface area contributed by atoms with E-state index in [0.29, 0.717) is 28.4 Å². The Hall–Kier alpha value is -3.27. The van der Waals surface area contributed by atoms with Crippen LogP contribution < -0.4 is 15.5 Å². The summed E-state index contributed by atoms with van der Waals surface area (Å²) >= 11 is 0. The summed E-state index contributed by atoms with van der Waals surface area (Å²) in [6.45, 7) is 5.41. The molecule has 0 aliphatic carbocycles. The van der Waals surface area contributed by atoms with Crippen LogP contribution in [0, 0.1) is 11.6 Å². The summed E-state index contributed by atoms with van der Waals surface area (Å²) in [7, 11) is 1.34. The highest BCUT2D eigenvalue weighted by atomic mass is 19.1. The molecule has 0 spiro atoms. The number of aliphatic imine (C=N–C) groups is 1. The van der Waals surface area contributed by atoms with E-state index >= 15 is 0 Å². The zero-order valence-corrected chi connectivity index (χ0v) is 16.3. The van der Waals surface area contributed by atoms with E-state index in [2.05, 4.69) is 25.9 Å². The topological polar surface area (TPSA) is 85.1 Å². The first-order chi connectivity index (χ1) is 13.8. The molecule has 1 aromatic carbocycles. The lowest BCUT2D eigenvalue weighted by atomic mass is 10.1. The molecule has 0 saturated heterocycles. The van der Waals surface area contributed by atoms with Crippen molar-refractivity contribution < 1.29 is 18.4 Å². The molecule has 1 atom stereocenters. The van der Waals surface area contributed by atoms with Gasteiger partial charge in [0.05, 0.1) is 24.9 Å². The van der Waals surface area contributed by atoms with E-state index in [-0.39, 0.29) is 5.75 Å². The van der Waals surface area contributed by atoms with Crippen LogP contribution in [0.4, 0.5) is 14.6 Å². The maximum absolute atomic E-state index is 14.0. The molecule has 0 unspecified atom stereocenters. The highest BCUT2D eigenvalue weighted by Gasteiger charge is 2.28. The number of nitrogens with one attached hydrogen (secondary N) is 2. The number of halogens is 2. The van der Waals surface area contributed by atoms with Gasteiger partial charge in [-0.3, -0.25) is 0 Å². The first-order valence-electron chi connectivity index (χ1n) is 8.95. The Morgan fingerprint density at radius 1 is 1.31 bits per heavy atom. The lowest BCUT2D eigenvalue weighted by Crippen LogP contribution is -2.23. The van der Waals surface area contributed by atoms with Gasteiger partial charge in [-0.2, -0.15) is 5.10 Å². The minimum Gasteiger partial charge on any atom is -0.493 e. The van der Waals surface area contributed by atoms with E-state index in [1.165, 1.54) is 13.2 Å². The number of aromatic nitrogens is 3. The zero-order chi connectivity index (χ0) is 20.8. The Balaban J connectivity index is 1.67. The fraction of sp³-hybridized carbons (Fsp3) is 0.316. The smallest absolute Gasteiger partial charge is 0.182 e. The Morgan fingerprint density at radius 2 is 2.10 bits per heavy atom. The van der Waals surface area contributed by atoms with Gasteiger partial charge in [-0.1, -0.05) is 0 Å². The number of hydrogen-bond donors (Lipinski definition) is 2. The largest absolute Gasteiger partial charge is 0.493 e. The van der Waals surface area contributed by atoms with Crippen LogP contribution in [0.1, 0.15) is 37.9 Å². The molecule has 0 bridgehead atoms. The quantitative estimate of drug-likeness (QED) is 0.682. The number of benzene rings is 1. The number of nitrogens with zero attached hydrogens (tertiary/aromatic N) is 4. The Labute approximate surface area is 165 Å². The number of ether oxygens (including phenoxy) is 1. The van der Waals surface area contributed by atoms with Crippen LogP contribution in [0.25, 0.3) is 5.65 Å². The summed E-state index contributed by atoms with van der Waals surface area (Å²) in [5.74, 6) is -0.429.